The molecule has 9 nitrogen and oxygen atoms in total. The Balaban J connectivity index is 4.14. The van der Waals surface area contributed by atoms with Crippen molar-refractivity contribution in [2.45, 2.75) is 322 Å². The number of rotatable bonds is 68. The first kappa shape index (κ1) is 86.4. The highest BCUT2D eigenvalue weighted by atomic mass is 16.7. The fourth-order valence-electron chi connectivity index (χ4n) is 10.2. The van der Waals surface area contributed by atoms with E-state index in [4.69, 9.17) is 18.9 Å². The molecule has 520 valence electrons. The number of carbonyl (C=O) groups excluding carboxylic acids is 3. The fourth-order valence-corrected chi connectivity index (χ4v) is 10.2. The summed E-state index contributed by atoms with van der Waals surface area (Å²) in [6.45, 7) is 4.63. The van der Waals surface area contributed by atoms with Gasteiger partial charge in [-0.25, -0.2) is 0 Å². The molecule has 91 heavy (non-hydrogen) atoms. The highest BCUT2D eigenvalue weighted by Gasteiger charge is 2.22. The van der Waals surface area contributed by atoms with Crippen molar-refractivity contribution in [3.8, 4) is 0 Å². The van der Waals surface area contributed by atoms with Gasteiger partial charge in [0.15, 0.2) is 12.4 Å². The number of hydrogen-bond acceptors (Lipinski definition) is 8. The zero-order valence-corrected chi connectivity index (χ0v) is 59.4. The zero-order valence-electron chi connectivity index (χ0n) is 59.4. The maximum atomic E-state index is 13.0. The number of unbranched alkanes of at least 4 members (excludes halogenated alkanes) is 31. The van der Waals surface area contributed by atoms with Gasteiger partial charge in [0.05, 0.1) is 40.3 Å². The molecular weight excluding hydrogens is 1130 g/mol. The van der Waals surface area contributed by atoms with E-state index in [0.717, 1.165) is 109 Å². The number of carboxylic acid groups (broad SMARTS) is 1. The lowest BCUT2D eigenvalue weighted by atomic mass is 10.0. The van der Waals surface area contributed by atoms with Crippen molar-refractivity contribution in [3.63, 3.8) is 0 Å². The second-order valence-corrected chi connectivity index (χ2v) is 25.9. The van der Waals surface area contributed by atoms with Gasteiger partial charge in [-0.05, 0) is 116 Å². The second kappa shape index (κ2) is 71.3. The van der Waals surface area contributed by atoms with Crippen LogP contribution in [0.2, 0.25) is 0 Å². The fraction of sp³-hybridized carbons (Fsp3) is 0.695. The predicted octanol–water partition coefficient (Wildman–Crippen LogP) is 22.4. The SMILES string of the molecule is CC/C=C\C/C=C\C/C=C\C/C=C\C/C=C\C/C=C\C/C=C\C/C=C\C/C=C\CCCCCCCCCC(=O)OC(COC(=O)CCCCCCCCCCCCCCCCCCCCC/C=C\C/C=C\CCCCCCC)COC(OCC[N+](C)(C)C)C(=O)[O-]. The molecule has 0 amide bonds. The Bertz CT molecular complexity index is 1960. The van der Waals surface area contributed by atoms with Crippen LogP contribution in [0.15, 0.2) is 134 Å². The molecule has 0 aromatic carbocycles. The van der Waals surface area contributed by atoms with Crippen molar-refractivity contribution in [1.82, 2.24) is 0 Å². The molecule has 0 aliphatic carbocycles. The number of allylic oxidation sites excluding steroid dienone is 22. The summed E-state index contributed by atoms with van der Waals surface area (Å²) in [5, 5.41) is 11.8. The molecule has 2 atom stereocenters. The van der Waals surface area contributed by atoms with Crippen molar-refractivity contribution in [2.24, 2.45) is 0 Å². The number of nitrogens with zero attached hydrogens (tertiary/aromatic N) is 1. The number of likely N-dealkylation sites (N-methyl/N-ethyl adjacent to an activating group) is 1. The van der Waals surface area contributed by atoms with Gasteiger partial charge in [0.1, 0.15) is 13.2 Å². The molecule has 0 radical (unpaired) electrons. The quantitative estimate of drug-likeness (QED) is 0.0195. The van der Waals surface area contributed by atoms with Gasteiger partial charge in [-0.1, -0.05) is 314 Å². The van der Waals surface area contributed by atoms with E-state index in [2.05, 4.69) is 148 Å². The van der Waals surface area contributed by atoms with Gasteiger partial charge in [0, 0.05) is 12.8 Å². The molecule has 0 fully saturated rings. The van der Waals surface area contributed by atoms with Gasteiger partial charge < -0.3 is 33.3 Å². The molecule has 0 bridgehead atoms. The van der Waals surface area contributed by atoms with E-state index in [1.165, 1.54) is 167 Å². The van der Waals surface area contributed by atoms with Crippen LogP contribution in [0.5, 0.6) is 0 Å². The second-order valence-electron chi connectivity index (χ2n) is 25.9. The molecule has 2 unspecified atom stereocenters. The Kier molecular flexibility index (Phi) is 67.7. The van der Waals surface area contributed by atoms with Crippen molar-refractivity contribution >= 4 is 17.9 Å². The van der Waals surface area contributed by atoms with Crippen LogP contribution in [0.3, 0.4) is 0 Å². The molecule has 0 saturated carbocycles. The lowest BCUT2D eigenvalue weighted by Crippen LogP contribution is -2.44. The number of carbonyl (C=O) groups is 3. The van der Waals surface area contributed by atoms with Gasteiger partial charge in [-0.3, -0.25) is 9.59 Å². The summed E-state index contributed by atoms with van der Waals surface area (Å²) in [7, 11) is 5.93. The molecule has 0 rings (SSSR count). The van der Waals surface area contributed by atoms with E-state index in [-0.39, 0.29) is 38.6 Å². The number of ether oxygens (including phenoxy) is 4. The molecule has 0 saturated heterocycles. The minimum Gasteiger partial charge on any atom is -0.545 e. The smallest absolute Gasteiger partial charge is 0.306 e. The number of hydrogen-bond donors (Lipinski definition) is 0. The predicted molar refractivity (Wildman–Crippen MR) is 389 cm³/mol. The minimum atomic E-state index is -1.63. The summed E-state index contributed by atoms with van der Waals surface area (Å²) in [6, 6.07) is 0. The number of quaternary nitrogens is 1. The van der Waals surface area contributed by atoms with Crippen LogP contribution in [0.1, 0.15) is 309 Å². The van der Waals surface area contributed by atoms with Crippen molar-refractivity contribution < 1.29 is 42.9 Å². The Hall–Kier alpha value is -4.57. The number of esters is 2. The largest absolute Gasteiger partial charge is 0.545 e. The molecule has 0 aromatic rings. The number of carboxylic acids is 1. The summed E-state index contributed by atoms with van der Waals surface area (Å²) in [6.07, 6.45) is 99.7. The third-order valence-electron chi connectivity index (χ3n) is 15.9. The molecule has 0 spiro atoms. The van der Waals surface area contributed by atoms with Gasteiger partial charge in [-0.15, -0.1) is 0 Å². The van der Waals surface area contributed by atoms with Gasteiger partial charge in [0.25, 0.3) is 0 Å². The highest BCUT2D eigenvalue weighted by molar-refractivity contribution is 5.70. The van der Waals surface area contributed by atoms with Gasteiger partial charge >= 0.3 is 11.9 Å². The summed E-state index contributed by atoms with van der Waals surface area (Å²) >= 11 is 0. The van der Waals surface area contributed by atoms with Gasteiger partial charge in [-0.2, -0.15) is 0 Å². The van der Waals surface area contributed by atoms with Crippen LogP contribution in [0.25, 0.3) is 0 Å². The highest BCUT2D eigenvalue weighted by Crippen LogP contribution is 2.17. The molecule has 0 heterocycles. The molecule has 0 aliphatic rings. The first-order valence-corrected chi connectivity index (χ1v) is 37.3. The average molecular weight is 1270 g/mol. The lowest BCUT2D eigenvalue weighted by Gasteiger charge is -2.26. The van der Waals surface area contributed by atoms with E-state index in [1.54, 1.807) is 0 Å². The molecular formula is C82H139NO8. The lowest BCUT2D eigenvalue weighted by molar-refractivity contribution is -0.870. The van der Waals surface area contributed by atoms with Crippen LogP contribution in [-0.2, 0) is 33.3 Å². The van der Waals surface area contributed by atoms with E-state index < -0.39 is 24.3 Å². The maximum absolute atomic E-state index is 13.0. The van der Waals surface area contributed by atoms with E-state index in [9.17, 15) is 19.5 Å². The van der Waals surface area contributed by atoms with Crippen LogP contribution in [-0.4, -0.2) is 82.3 Å². The van der Waals surface area contributed by atoms with Crippen molar-refractivity contribution in [3.05, 3.63) is 134 Å². The van der Waals surface area contributed by atoms with Gasteiger partial charge in [0.2, 0.25) is 0 Å². The molecule has 0 aliphatic heterocycles. The molecule has 9 heteroatoms. The minimum absolute atomic E-state index is 0.140. The summed E-state index contributed by atoms with van der Waals surface area (Å²) in [5.41, 5.74) is 0. The summed E-state index contributed by atoms with van der Waals surface area (Å²) < 4.78 is 22.8. The summed E-state index contributed by atoms with van der Waals surface area (Å²) in [5.74, 6) is -2.30. The van der Waals surface area contributed by atoms with Crippen molar-refractivity contribution in [1.29, 1.82) is 0 Å². The van der Waals surface area contributed by atoms with Crippen molar-refractivity contribution in [2.75, 3.05) is 47.5 Å². The monoisotopic (exact) mass is 1270 g/mol. The third-order valence-corrected chi connectivity index (χ3v) is 15.9. The maximum Gasteiger partial charge on any atom is 0.306 e. The first-order chi connectivity index (χ1) is 44.6. The Morgan fingerprint density at radius 3 is 0.934 bits per heavy atom. The van der Waals surface area contributed by atoms with E-state index in [1.807, 2.05) is 21.1 Å². The Morgan fingerprint density at radius 1 is 0.341 bits per heavy atom. The molecule has 0 aromatic heterocycles. The van der Waals surface area contributed by atoms with Crippen LogP contribution >= 0.6 is 0 Å². The standard InChI is InChI=1S/C82H139NO8/c1-6-8-10-12-14-16-18-20-22-24-26-28-30-32-34-36-38-39-40-41-43-45-47-49-51-53-55-57-59-61-63-65-67-69-71-73-80(85)91-78(77-90-82(81(86)87)88-75-74-83(3,4)5)76-89-79(84)72-70-68-66-64-62-60-58-56-54-52-50-48-46-44-42-37-35-33-31-29-27-25-23-21-19-17-15-13-11-9-7-2/h8,10,14,16,19-22,25-28,32,34,38-39,41,43,47,49,53,55,78,82H,6-7,9,11-13,15,17-18,23-24,29-31,33,35-37,40,42,44-46,48,50-52,54,56-77H2,1-5H3/b10-8-,16-14-,21-19-,22-20-,27-25-,28-26-,34-32-,39-38-,43-41-,49-47-,55-53-. The van der Waals surface area contributed by atoms with E-state index in [0.29, 0.717) is 17.4 Å². The van der Waals surface area contributed by atoms with E-state index >= 15 is 0 Å². The zero-order chi connectivity index (χ0) is 66.1. The normalized spacial score (nSPS) is 13.5. The molecule has 0 N–H and O–H groups in total. The third kappa shape index (κ3) is 72.7. The number of aliphatic carboxylic acids is 1. The average Bonchev–Trinajstić information content (AvgIpc) is 3.46. The Labute approximate surface area is 560 Å². The topological polar surface area (TPSA) is 111 Å². The summed E-state index contributed by atoms with van der Waals surface area (Å²) in [4.78, 5) is 37.6. The first-order valence-electron chi connectivity index (χ1n) is 37.3. The van der Waals surface area contributed by atoms with Crippen LogP contribution in [0, 0.1) is 0 Å². The van der Waals surface area contributed by atoms with Crippen LogP contribution in [0.4, 0.5) is 0 Å². The van der Waals surface area contributed by atoms with Crippen LogP contribution < -0.4 is 5.11 Å². The Morgan fingerprint density at radius 2 is 0.626 bits per heavy atom.